The average molecular weight is 171 g/mol. The number of rotatable bonds is 0. The van der Waals surface area contributed by atoms with Gasteiger partial charge in [-0.2, -0.15) is 0 Å². The van der Waals surface area contributed by atoms with Crippen LogP contribution in [0.2, 0.25) is 0 Å². The van der Waals surface area contributed by atoms with Gasteiger partial charge < -0.3 is 0 Å². The molecular weight excluding hydrogens is 170 g/mol. The smallest absolute Gasteiger partial charge is 0.149 e. The zero-order valence-corrected chi connectivity index (χ0v) is 6.26. The number of nitrogens with zero attached hydrogens (tertiary/aromatic N) is 5. The quantitative estimate of drug-likeness (QED) is 0.537. The molecule has 0 N–H and O–H groups in total. The molecule has 1 unspecified atom stereocenters. The second kappa shape index (κ2) is 2.10. The average Bonchev–Trinajstić information content (AvgIpc) is 2.36. The Balaban J connectivity index is 2.54. The molecule has 0 fully saturated rings. The van der Waals surface area contributed by atoms with E-state index in [9.17, 15) is 0 Å². The van der Waals surface area contributed by atoms with Crippen molar-refractivity contribution in [3.63, 3.8) is 0 Å². The highest BCUT2D eigenvalue weighted by molar-refractivity contribution is 8.37. The number of fused-ring (bicyclic) bond motifs is 1. The molecule has 7 heteroatoms. The van der Waals surface area contributed by atoms with E-state index in [0.29, 0.717) is 10.7 Å². The van der Waals surface area contributed by atoms with Crippen LogP contribution in [-0.4, -0.2) is 5.04 Å². The van der Waals surface area contributed by atoms with E-state index < -0.39 is 9.64 Å². The molecule has 0 aliphatic carbocycles. The molecule has 2 aliphatic heterocycles. The van der Waals surface area contributed by atoms with E-state index in [2.05, 4.69) is 25.1 Å². The molecule has 2 aliphatic rings. The van der Waals surface area contributed by atoms with Crippen LogP contribution in [0.1, 0.15) is 0 Å². The Morgan fingerprint density at radius 1 is 1.50 bits per heavy atom. The fraction of sp³-hybridized carbons (Fsp3) is 0. The van der Waals surface area contributed by atoms with Crippen LogP contribution in [0.3, 0.4) is 0 Å². The summed E-state index contributed by atoms with van der Waals surface area (Å²) in [6, 6.07) is 0. The van der Waals surface area contributed by atoms with Gasteiger partial charge >= 0.3 is 0 Å². The van der Waals surface area contributed by atoms with E-state index in [1.54, 1.807) is 0 Å². The summed E-state index contributed by atoms with van der Waals surface area (Å²) in [5, 5.41) is 15.1. The first-order valence-corrected chi connectivity index (χ1v) is 4.50. The molecule has 0 saturated heterocycles. The zero-order chi connectivity index (χ0) is 6.97. The summed E-state index contributed by atoms with van der Waals surface area (Å²) in [6.07, 6.45) is 1.51. The third-order valence-electron chi connectivity index (χ3n) is 0.974. The number of hydrogen-bond acceptors (Lipinski definition) is 5. The van der Waals surface area contributed by atoms with E-state index in [-0.39, 0.29) is 0 Å². The van der Waals surface area contributed by atoms with Crippen LogP contribution in [0, 0.1) is 0 Å². The molecule has 10 heavy (non-hydrogen) atoms. The molecule has 5 nitrogen and oxygen atoms in total. The van der Waals surface area contributed by atoms with Gasteiger partial charge in [-0.15, -0.1) is 19.8 Å². The van der Waals surface area contributed by atoms with Gasteiger partial charge in [0.15, 0.2) is 5.04 Å². The van der Waals surface area contributed by atoms with Crippen molar-refractivity contribution < 1.29 is 0 Å². The largest absolute Gasteiger partial charge is 0.177 e. The minimum Gasteiger partial charge on any atom is -0.149 e. The minimum atomic E-state index is -0.660. The van der Waals surface area contributed by atoms with Crippen LogP contribution < -0.4 is 0 Å². The Morgan fingerprint density at radius 2 is 2.40 bits per heavy atom. The summed E-state index contributed by atoms with van der Waals surface area (Å²) in [6.45, 7) is 0. The highest BCUT2D eigenvalue weighted by atomic mass is 32.8. The summed E-state index contributed by atoms with van der Waals surface area (Å²) in [4.78, 5) is 0. The Labute approximate surface area is 63.4 Å². The van der Waals surface area contributed by atoms with Crippen molar-refractivity contribution >= 4 is 25.9 Å². The van der Waals surface area contributed by atoms with Crippen LogP contribution in [0.4, 0.5) is 0 Å². The van der Waals surface area contributed by atoms with Gasteiger partial charge in [-0.1, -0.05) is 0 Å². The van der Waals surface area contributed by atoms with Crippen LogP contribution >= 0.6 is 0 Å². The molecule has 0 spiro atoms. The first-order valence-electron chi connectivity index (χ1n) is 2.40. The second-order valence-electron chi connectivity index (χ2n) is 1.56. The Kier molecular flexibility index (Phi) is 1.24. The molecule has 0 radical (unpaired) electrons. The highest BCUT2D eigenvalue weighted by Crippen LogP contribution is 2.17. The lowest BCUT2D eigenvalue weighted by Crippen LogP contribution is -2.04. The highest BCUT2D eigenvalue weighted by Gasteiger charge is 2.18. The monoisotopic (exact) mass is 171 g/mol. The maximum absolute atomic E-state index is 4.90. The minimum absolute atomic E-state index is 0.647. The fourth-order valence-corrected chi connectivity index (χ4v) is 1.63. The van der Waals surface area contributed by atoms with Crippen molar-refractivity contribution in [1.82, 2.24) is 0 Å². The predicted octanol–water partition coefficient (Wildman–Crippen LogP) is 1.07. The normalized spacial score (nSPS) is 27.8. The van der Waals surface area contributed by atoms with E-state index in [1.807, 2.05) is 0 Å². The summed E-state index contributed by atoms with van der Waals surface area (Å²) in [5.41, 5.74) is 0.647. The van der Waals surface area contributed by atoms with E-state index in [1.165, 1.54) is 6.20 Å². The summed E-state index contributed by atoms with van der Waals surface area (Å²) >= 11 is 4.90. The fourth-order valence-electron chi connectivity index (χ4n) is 0.570. The Morgan fingerprint density at radius 3 is 3.20 bits per heavy atom. The molecule has 0 saturated carbocycles. The van der Waals surface area contributed by atoms with Crippen molar-refractivity contribution in [2.75, 3.05) is 0 Å². The van der Waals surface area contributed by atoms with Gasteiger partial charge in [-0.05, 0) is 16.4 Å². The Bertz CT molecular complexity index is 305. The Hall–Kier alpha value is -0.820. The van der Waals surface area contributed by atoms with Crippen LogP contribution in [0.5, 0.6) is 0 Å². The van der Waals surface area contributed by atoms with Crippen molar-refractivity contribution in [2.45, 2.75) is 0 Å². The van der Waals surface area contributed by atoms with Gasteiger partial charge in [0, 0.05) is 0 Å². The molecule has 1 atom stereocenters. The van der Waals surface area contributed by atoms with E-state index in [0.717, 1.165) is 0 Å². The van der Waals surface area contributed by atoms with Crippen molar-refractivity contribution in [1.29, 1.82) is 0 Å². The van der Waals surface area contributed by atoms with Gasteiger partial charge in [-0.25, -0.2) is 0 Å². The van der Waals surface area contributed by atoms with Gasteiger partial charge in [0.1, 0.15) is 5.70 Å². The van der Waals surface area contributed by atoms with Gasteiger partial charge in [0.25, 0.3) is 0 Å². The van der Waals surface area contributed by atoms with Crippen molar-refractivity contribution in [2.24, 2.45) is 25.1 Å². The van der Waals surface area contributed by atoms with E-state index >= 15 is 0 Å². The molecule has 0 aromatic rings. The molecule has 2 rings (SSSR count). The lowest BCUT2D eigenvalue weighted by molar-refractivity contribution is 1.09. The lowest BCUT2D eigenvalue weighted by Gasteiger charge is -1.98. The summed E-state index contributed by atoms with van der Waals surface area (Å²) in [5.74, 6) is 0. The van der Waals surface area contributed by atoms with Crippen molar-refractivity contribution in [3.05, 3.63) is 11.9 Å². The lowest BCUT2D eigenvalue weighted by atomic mass is 10.5. The summed E-state index contributed by atoms with van der Waals surface area (Å²) < 4.78 is 3.71. The third kappa shape index (κ3) is 0.745. The van der Waals surface area contributed by atoms with Crippen molar-refractivity contribution in [3.8, 4) is 0 Å². The maximum Gasteiger partial charge on any atom is 0.177 e. The van der Waals surface area contributed by atoms with Gasteiger partial charge in [0.05, 0.1) is 15.8 Å². The second-order valence-corrected chi connectivity index (χ2v) is 3.55. The zero-order valence-electron chi connectivity index (χ0n) is 4.63. The van der Waals surface area contributed by atoms with Crippen LogP contribution in [0.15, 0.2) is 37.0 Å². The van der Waals surface area contributed by atoms with Gasteiger partial charge in [-0.3, -0.25) is 0 Å². The summed E-state index contributed by atoms with van der Waals surface area (Å²) in [7, 11) is -0.660. The molecule has 2 heterocycles. The maximum atomic E-state index is 4.90. The van der Waals surface area contributed by atoms with E-state index in [4.69, 9.17) is 11.2 Å². The standard InChI is InChI=1S/C3HN5S2/c9-10-3-2(1-4-8-10)5-7-6-3/h1H. The predicted molar refractivity (Wildman–Crippen MR) is 40.0 cm³/mol. The molecule has 0 bridgehead atoms. The molecule has 0 aromatic heterocycles. The number of hydrogen-bond donors (Lipinski definition) is 0. The topological polar surface area (TPSA) is 61.8 Å². The van der Waals surface area contributed by atoms with Gasteiger partial charge in [0.2, 0.25) is 0 Å². The molecule has 50 valence electrons. The first kappa shape index (κ1) is 5.93. The third-order valence-corrected chi connectivity index (χ3v) is 2.51. The molecular formula is C3HN5S2. The van der Waals surface area contributed by atoms with Crippen LogP contribution in [0.25, 0.3) is 0 Å². The van der Waals surface area contributed by atoms with Crippen LogP contribution in [-0.2, 0) is 20.8 Å². The molecule has 0 amide bonds. The first-order chi connectivity index (χ1) is 4.88. The molecule has 0 aromatic carbocycles. The SMILES string of the molecule is S=S1N=NC=C2N=NN=C21.